The predicted octanol–water partition coefficient (Wildman–Crippen LogP) is 5.99. The Bertz CT molecular complexity index is 1470. The Hall–Kier alpha value is -3.66. The van der Waals surface area contributed by atoms with Gasteiger partial charge in [-0.1, -0.05) is 60.8 Å². The molecule has 1 amide bonds. The summed E-state index contributed by atoms with van der Waals surface area (Å²) in [6.45, 7) is 8.47. The Kier molecular flexibility index (Phi) is 9.25. The van der Waals surface area contributed by atoms with Crippen molar-refractivity contribution in [1.82, 2.24) is 20.9 Å². The number of nitrogens with zero attached hydrogens (tertiary/aromatic N) is 1. The number of terminal acetylenes is 1. The van der Waals surface area contributed by atoms with Gasteiger partial charge in [0.2, 0.25) is 5.91 Å². The molecule has 4 aliphatic rings. The molecule has 0 bridgehead atoms. The van der Waals surface area contributed by atoms with Crippen LogP contribution in [0.15, 0.2) is 77.8 Å². The first-order valence-corrected chi connectivity index (χ1v) is 15.7. The smallest absolute Gasteiger partial charge is 0.231 e. The minimum atomic E-state index is -0.698. The van der Waals surface area contributed by atoms with Crippen LogP contribution >= 0.6 is 0 Å². The first kappa shape index (κ1) is 30.8. The highest BCUT2D eigenvalue weighted by Gasteiger charge is 2.40. The average molecular weight is 579 g/mol. The molecule has 0 radical (unpaired) electrons. The lowest BCUT2D eigenvalue weighted by atomic mass is 9.81. The fraction of sp³-hybridized carbons (Fsp3) is 0.459. The van der Waals surface area contributed by atoms with Crippen molar-refractivity contribution in [2.24, 2.45) is 17.3 Å². The summed E-state index contributed by atoms with van der Waals surface area (Å²) in [6.07, 6.45) is 28.1. The van der Waals surface area contributed by atoms with Gasteiger partial charge in [0, 0.05) is 34.7 Å². The number of nitrogens with one attached hydrogen (secondary N) is 3. The summed E-state index contributed by atoms with van der Waals surface area (Å²) >= 11 is 0. The van der Waals surface area contributed by atoms with Gasteiger partial charge in [-0.25, -0.2) is 0 Å². The van der Waals surface area contributed by atoms with E-state index in [9.17, 15) is 9.90 Å². The van der Waals surface area contributed by atoms with E-state index in [0.29, 0.717) is 24.7 Å². The topological polar surface area (TPSA) is 86.3 Å². The van der Waals surface area contributed by atoms with Gasteiger partial charge in [-0.15, -0.1) is 6.42 Å². The molecule has 6 nitrogen and oxygen atoms in total. The highest BCUT2D eigenvalue weighted by molar-refractivity contribution is 5.83. The maximum atomic E-state index is 13.5. The molecule has 3 aliphatic carbocycles. The molecule has 1 aromatic rings. The molecular weight excluding hydrogens is 532 g/mol. The van der Waals surface area contributed by atoms with Crippen LogP contribution in [0.5, 0.6) is 0 Å². The Morgan fingerprint density at radius 2 is 2.09 bits per heavy atom. The van der Waals surface area contributed by atoms with Crippen LogP contribution < -0.4 is 16.0 Å². The van der Waals surface area contributed by atoms with E-state index in [4.69, 9.17) is 11.4 Å². The molecule has 0 aromatic carbocycles. The lowest BCUT2D eigenvalue weighted by Crippen LogP contribution is -2.44. The van der Waals surface area contributed by atoms with Crippen LogP contribution in [-0.4, -0.2) is 35.3 Å². The van der Waals surface area contributed by atoms with E-state index >= 15 is 0 Å². The number of likely N-dealkylation sites (N-methyl/N-ethyl adjacent to an activating group) is 1. The lowest BCUT2D eigenvalue weighted by Gasteiger charge is -2.27. The third kappa shape index (κ3) is 6.79. The monoisotopic (exact) mass is 578 g/mol. The molecule has 2 heterocycles. The molecule has 6 unspecified atom stereocenters. The number of aliphatic hydroxyl groups is 1. The van der Waals surface area contributed by atoms with Crippen molar-refractivity contribution in [2.75, 3.05) is 7.05 Å². The molecule has 0 spiro atoms. The van der Waals surface area contributed by atoms with Crippen molar-refractivity contribution in [3.05, 3.63) is 94.7 Å². The van der Waals surface area contributed by atoms with E-state index < -0.39 is 6.23 Å². The van der Waals surface area contributed by atoms with Crippen molar-refractivity contribution in [1.29, 1.82) is 0 Å². The second-order valence-electron chi connectivity index (χ2n) is 12.9. The molecule has 226 valence electrons. The van der Waals surface area contributed by atoms with Crippen molar-refractivity contribution in [2.45, 2.75) is 83.9 Å². The van der Waals surface area contributed by atoms with E-state index in [0.717, 1.165) is 46.5 Å². The Labute approximate surface area is 257 Å². The number of dihydropyridines is 1. The van der Waals surface area contributed by atoms with Gasteiger partial charge < -0.3 is 15.7 Å². The maximum Gasteiger partial charge on any atom is 0.231 e. The standard InChI is InChI=1S/C37H46N4O2/c1-7-24-18-31(24)34-32(25-15-16-39-33(20-25)36(43)38-6)19-27(22-40-34)30-21-29(14-13-23(30)3)41-35(42)26-11-9-10-12-28(17-26)37(4,5)8-2/h2,9-10,13-17,19-20,22,24,26,30-31,33,36,38-39,43H,7,11-12,18,21H2,1,3-6H3,(H,41,42). The Balaban J connectivity index is 1.39. The Morgan fingerprint density at radius 1 is 1.28 bits per heavy atom. The van der Waals surface area contributed by atoms with E-state index in [1.54, 1.807) is 7.05 Å². The van der Waals surface area contributed by atoms with E-state index in [2.05, 4.69) is 78.2 Å². The van der Waals surface area contributed by atoms with Gasteiger partial charge in [0.25, 0.3) is 0 Å². The van der Waals surface area contributed by atoms with Crippen LogP contribution in [0.2, 0.25) is 0 Å². The lowest BCUT2D eigenvalue weighted by molar-refractivity contribution is -0.122. The molecule has 4 N–H and O–H groups in total. The summed E-state index contributed by atoms with van der Waals surface area (Å²) in [5.74, 6) is 3.87. The summed E-state index contributed by atoms with van der Waals surface area (Å²) < 4.78 is 0. The highest BCUT2D eigenvalue weighted by Crippen LogP contribution is 2.51. The minimum absolute atomic E-state index is 0.00228. The number of hydrogen-bond donors (Lipinski definition) is 4. The number of aliphatic hydroxyl groups excluding tert-OH is 1. The fourth-order valence-corrected chi connectivity index (χ4v) is 6.42. The number of amides is 1. The van der Waals surface area contributed by atoms with E-state index in [1.807, 2.05) is 32.3 Å². The van der Waals surface area contributed by atoms with Gasteiger partial charge in [-0.3, -0.25) is 15.1 Å². The van der Waals surface area contributed by atoms with Gasteiger partial charge in [-0.05, 0) is 95.0 Å². The molecule has 43 heavy (non-hydrogen) atoms. The van der Waals surface area contributed by atoms with Crippen molar-refractivity contribution in [3.8, 4) is 12.3 Å². The van der Waals surface area contributed by atoms with Crippen LogP contribution in [-0.2, 0) is 4.79 Å². The molecule has 1 fully saturated rings. The normalized spacial score (nSPS) is 27.4. The van der Waals surface area contributed by atoms with Crippen LogP contribution in [0.25, 0.3) is 5.57 Å². The zero-order chi connectivity index (χ0) is 30.7. The van der Waals surface area contributed by atoms with Gasteiger partial charge in [0.05, 0.1) is 17.7 Å². The summed E-state index contributed by atoms with van der Waals surface area (Å²) in [6, 6.07) is 2.06. The number of rotatable bonds is 9. The molecule has 0 saturated heterocycles. The molecule has 1 aliphatic heterocycles. The molecular formula is C37H46N4O2. The molecule has 5 rings (SSSR count). The SMILES string of the molecule is C#CC(C)(C)C1=CC(C(=O)NC2=CC=C(C)C(c3cnc(C4CC4CC)c(C4=CC(C(O)NC)NC=C4)c3)C2)CC=CC1. The van der Waals surface area contributed by atoms with E-state index in [-0.39, 0.29) is 29.2 Å². The quantitative estimate of drug-likeness (QED) is 0.164. The van der Waals surface area contributed by atoms with Crippen molar-refractivity contribution < 1.29 is 9.90 Å². The van der Waals surface area contributed by atoms with Gasteiger partial charge in [0.15, 0.2) is 0 Å². The summed E-state index contributed by atoms with van der Waals surface area (Å²) in [5.41, 5.74) is 7.37. The number of aromatic nitrogens is 1. The summed E-state index contributed by atoms with van der Waals surface area (Å²) in [5, 5.41) is 19.9. The van der Waals surface area contributed by atoms with Crippen molar-refractivity contribution in [3.63, 3.8) is 0 Å². The van der Waals surface area contributed by atoms with Crippen LogP contribution in [0.3, 0.4) is 0 Å². The number of carbonyl (C=O) groups is 1. The first-order chi connectivity index (χ1) is 20.6. The van der Waals surface area contributed by atoms with Crippen LogP contribution in [0.4, 0.5) is 0 Å². The zero-order valence-electron chi connectivity index (χ0n) is 26.2. The predicted molar refractivity (Wildman–Crippen MR) is 174 cm³/mol. The van der Waals surface area contributed by atoms with Gasteiger partial charge in [-0.2, -0.15) is 0 Å². The summed E-state index contributed by atoms with van der Waals surface area (Å²) in [7, 11) is 1.75. The molecule has 6 heteroatoms. The second-order valence-corrected chi connectivity index (χ2v) is 12.9. The largest absolute Gasteiger partial charge is 0.381 e. The van der Waals surface area contributed by atoms with Crippen LogP contribution in [0, 0.1) is 29.6 Å². The third-order valence-electron chi connectivity index (χ3n) is 9.60. The molecule has 1 saturated carbocycles. The second kappa shape index (κ2) is 12.9. The fourth-order valence-electron chi connectivity index (χ4n) is 6.42. The van der Waals surface area contributed by atoms with Gasteiger partial charge in [0.1, 0.15) is 6.23 Å². The number of carbonyl (C=O) groups excluding carboxylic acids is 1. The number of pyridine rings is 1. The summed E-state index contributed by atoms with van der Waals surface area (Å²) in [4.78, 5) is 18.6. The number of hydrogen-bond acceptors (Lipinski definition) is 5. The highest BCUT2D eigenvalue weighted by atomic mass is 16.3. The third-order valence-corrected chi connectivity index (χ3v) is 9.60. The minimum Gasteiger partial charge on any atom is -0.381 e. The number of allylic oxidation sites excluding steroid dienone is 9. The maximum absolute atomic E-state index is 13.5. The first-order valence-electron chi connectivity index (χ1n) is 15.7. The molecule has 1 aromatic heterocycles. The van der Waals surface area contributed by atoms with Crippen molar-refractivity contribution >= 4 is 11.5 Å². The van der Waals surface area contributed by atoms with Crippen LogP contribution in [0.1, 0.15) is 88.5 Å². The average Bonchev–Trinajstić information content (AvgIpc) is 3.85. The zero-order valence-corrected chi connectivity index (χ0v) is 26.2. The van der Waals surface area contributed by atoms with E-state index in [1.165, 1.54) is 12.0 Å². The molecule has 6 atom stereocenters. The van der Waals surface area contributed by atoms with Gasteiger partial charge >= 0.3 is 0 Å². The Morgan fingerprint density at radius 3 is 2.81 bits per heavy atom.